The molecule has 0 saturated carbocycles. The molecular formula is C17H22N4O3. The first-order valence-corrected chi connectivity index (χ1v) is 8.17. The van der Waals surface area contributed by atoms with Crippen molar-refractivity contribution in [1.29, 1.82) is 0 Å². The van der Waals surface area contributed by atoms with Crippen molar-refractivity contribution >= 4 is 5.91 Å². The molecular weight excluding hydrogens is 308 g/mol. The number of amides is 1. The molecule has 1 aliphatic rings. The van der Waals surface area contributed by atoms with Crippen LogP contribution in [0, 0.1) is 0 Å². The van der Waals surface area contributed by atoms with Crippen LogP contribution >= 0.6 is 0 Å². The summed E-state index contributed by atoms with van der Waals surface area (Å²) in [5, 5.41) is 6.87. The number of ether oxygens (including phenoxy) is 2. The van der Waals surface area contributed by atoms with Crippen LogP contribution in [0.25, 0.3) is 0 Å². The van der Waals surface area contributed by atoms with E-state index in [0.717, 1.165) is 30.8 Å². The number of nitrogens with one attached hydrogen (secondary N) is 1. The lowest BCUT2D eigenvalue weighted by Gasteiger charge is -2.13. The smallest absolute Gasteiger partial charge is 0.244 e. The van der Waals surface area contributed by atoms with Gasteiger partial charge in [-0.1, -0.05) is 12.1 Å². The zero-order chi connectivity index (χ0) is 16.8. The third-order valence-corrected chi connectivity index (χ3v) is 4.06. The van der Waals surface area contributed by atoms with E-state index in [2.05, 4.69) is 15.4 Å². The van der Waals surface area contributed by atoms with Crippen LogP contribution in [-0.4, -0.2) is 40.0 Å². The summed E-state index contributed by atoms with van der Waals surface area (Å²) in [6.45, 7) is 3.67. The van der Waals surface area contributed by atoms with E-state index in [1.807, 2.05) is 24.3 Å². The fraction of sp³-hybridized carbons (Fsp3) is 0.471. The lowest BCUT2D eigenvalue weighted by atomic mass is 10.2. The fourth-order valence-electron chi connectivity index (χ4n) is 2.54. The highest BCUT2D eigenvalue weighted by Crippen LogP contribution is 2.16. The fourth-order valence-corrected chi connectivity index (χ4v) is 2.54. The average Bonchev–Trinajstić information content (AvgIpc) is 3.31. The minimum Gasteiger partial charge on any atom is -0.491 e. The maximum absolute atomic E-state index is 12.1. The molecule has 0 bridgehead atoms. The molecule has 2 heterocycles. The van der Waals surface area contributed by atoms with E-state index >= 15 is 0 Å². The van der Waals surface area contributed by atoms with Gasteiger partial charge in [0.2, 0.25) is 5.91 Å². The Kier molecular flexibility index (Phi) is 5.43. The summed E-state index contributed by atoms with van der Waals surface area (Å²) >= 11 is 0. The number of carbonyl (C=O) groups excluding carboxylic acids is 1. The molecule has 1 aromatic heterocycles. The zero-order valence-corrected chi connectivity index (χ0v) is 13.7. The molecule has 0 unspecified atom stereocenters. The van der Waals surface area contributed by atoms with Gasteiger partial charge >= 0.3 is 0 Å². The molecule has 0 spiro atoms. The summed E-state index contributed by atoms with van der Waals surface area (Å²) in [5.74, 6) is 0.718. The van der Waals surface area contributed by atoms with Gasteiger partial charge < -0.3 is 14.8 Å². The van der Waals surface area contributed by atoms with Gasteiger partial charge in [-0.3, -0.25) is 4.79 Å². The molecule has 7 heteroatoms. The molecule has 0 aliphatic carbocycles. The standard InChI is InChI=1S/C17H22N4O3/c1-13(21-12-18-11-20-21)17(22)19-9-14-4-6-15(7-5-14)24-10-16-3-2-8-23-16/h4-7,11-13,16H,2-3,8-10H2,1H3,(H,19,22)/t13-,16-/m0/s1. The Bertz CT molecular complexity index is 636. The second-order valence-electron chi connectivity index (χ2n) is 5.86. The van der Waals surface area contributed by atoms with Gasteiger partial charge in [0.05, 0.1) is 6.10 Å². The summed E-state index contributed by atoms with van der Waals surface area (Å²) in [6.07, 6.45) is 5.33. The minimum atomic E-state index is -0.387. The molecule has 1 aliphatic heterocycles. The number of aromatic nitrogens is 3. The van der Waals surface area contributed by atoms with Crippen LogP contribution in [0.2, 0.25) is 0 Å². The summed E-state index contributed by atoms with van der Waals surface area (Å²) < 4.78 is 12.8. The molecule has 1 fully saturated rings. The first-order valence-electron chi connectivity index (χ1n) is 8.17. The van der Waals surface area contributed by atoms with Gasteiger partial charge in [-0.2, -0.15) is 5.10 Å². The maximum Gasteiger partial charge on any atom is 0.244 e. The normalized spacial score (nSPS) is 18.3. The summed E-state index contributed by atoms with van der Waals surface area (Å²) in [5.41, 5.74) is 1.01. The van der Waals surface area contributed by atoms with Crippen molar-refractivity contribution in [3.05, 3.63) is 42.5 Å². The average molecular weight is 330 g/mol. The van der Waals surface area contributed by atoms with Gasteiger partial charge in [-0.05, 0) is 37.5 Å². The number of nitrogens with zero attached hydrogens (tertiary/aromatic N) is 3. The van der Waals surface area contributed by atoms with E-state index in [9.17, 15) is 4.79 Å². The second-order valence-corrected chi connectivity index (χ2v) is 5.86. The van der Waals surface area contributed by atoms with Crippen LogP contribution < -0.4 is 10.1 Å². The van der Waals surface area contributed by atoms with E-state index in [4.69, 9.17) is 9.47 Å². The Hall–Kier alpha value is -2.41. The molecule has 7 nitrogen and oxygen atoms in total. The van der Waals surface area contributed by atoms with Crippen LogP contribution in [0.15, 0.2) is 36.9 Å². The Morgan fingerprint density at radius 1 is 1.46 bits per heavy atom. The monoisotopic (exact) mass is 330 g/mol. The molecule has 2 atom stereocenters. The van der Waals surface area contributed by atoms with Crippen molar-refractivity contribution in [3.8, 4) is 5.75 Å². The minimum absolute atomic E-state index is 0.0980. The number of carbonyl (C=O) groups is 1. The Morgan fingerprint density at radius 3 is 2.96 bits per heavy atom. The van der Waals surface area contributed by atoms with E-state index in [1.54, 1.807) is 6.92 Å². The summed E-state index contributed by atoms with van der Waals surface area (Å²) in [4.78, 5) is 15.9. The van der Waals surface area contributed by atoms with Crippen LogP contribution in [0.1, 0.15) is 31.4 Å². The first-order chi connectivity index (χ1) is 11.7. The number of hydrogen-bond acceptors (Lipinski definition) is 5. The predicted octanol–water partition coefficient (Wildman–Crippen LogP) is 1.71. The predicted molar refractivity (Wildman–Crippen MR) is 87.5 cm³/mol. The van der Waals surface area contributed by atoms with E-state index in [1.165, 1.54) is 17.3 Å². The lowest BCUT2D eigenvalue weighted by Crippen LogP contribution is -2.30. The van der Waals surface area contributed by atoms with Crippen LogP contribution in [0.3, 0.4) is 0 Å². The van der Waals surface area contributed by atoms with Gasteiger partial charge in [0.25, 0.3) is 0 Å². The molecule has 128 valence electrons. The molecule has 1 amide bonds. The molecule has 0 radical (unpaired) electrons. The third-order valence-electron chi connectivity index (χ3n) is 4.06. The first kappa shape index (κ1) is 16.4. The van der Waals surface area contributed by atoms with Gasteiger partial charge in [0, 0.05) is 13.2 Å². The van der Waals surface area contributed by atoms with Gasteiger partial charge in [-0.15, -0.1) is 0 Å². The van der Waals surface area contributed by atoms with Crippen molar-refractivity contribution in [2.45, 2.75) is 38.5 Å². The lowest BCUT2D eigenvalue weighted by molar-refractivity contribution is -0.124. The van der Waals surface area contributed by atoms with Gasteiger partial charge in [0.1, 0.15) is 31.1 Å². The Morgan fingerprint density at radius 2 is 2.29 bits per heavy atom. The highest BCUT2D eigenvalue weighted by atomic mass is 16.5. The number of hydrogen-bond donors (Lipinski definition) is 1. The van der Waals surface area contributed by atoms with Crippen molar-refractivity contribution < 1.29 is 14.3 Å². The summed E-state index contributed by atoms with van der Waals surface area (Å²) in [7, 11) is 0. The molecule has 1 aromatic carbocycles. The molecule has 24 heavy (non-hydrogen) atoms. The van der Waals surface area contributed by atoms with Crippen molar-refractivity contribution in [3.63, 3.8) is 0 Å². The van der Waals surface area contributed by atoms with Crippen LogP contribution in [0.4, 0.5) is 0 Å². The Balaban J connectivity index is 1.44. The molecule has 2 aromatic rings. The summed E-state index contributed by atoms with van der Waals surface area (Å²) in [6, 6.07) is 7.34. The third kappa shape index (κ3) is 4.32. The van der Waals surface area contributed by atoms with Crippen LogP contribution in [-0.2, 0) is 16.1 Å². The van der Waals surface area contributed by atoms with Gasteiger partial charge in [0.15, 0.2) is 0 Å². The highest BCUT2D eigenvalue weighted by molar-refractivity contribution is 5.79. The topological polar surface area (TPSA) is 78.3 Å². The van der Waals surface area contributed by atoms with E-state index < -0.39 is 0 Å². The van der Waals surface area contributed by atoms with Crippen LogP contribution in [0.5, 0.6) is 5.75 Å². The van der Waals surface area contributed by atoms with Crippen molar-refractivity contribution in [1.82, 2.24) is 20.1 Å². The quantitative estimate of drug-likeness (QED) is 0.836. The molecule has 1 N–H and O–H groups in total. The highest BCUT2D eigenvalue weighted by Gasteiger charge is 2.16. The van der Waals surface area contributed by atoms with Crippen molar-refractivity contribution in [2.24, 2.45) is 0 Å². The number of rotatable bonds is 7. The largest absolute Gasteiger partial charge is 0.491 e. The molecule has 1 saturated heterocycles. The second kappa shape index (κ2) is 7.92. The Labute approximate surface area is 141 Å². The maximum atomic E-state index is 12.1. The van der Waals surface area contributed by atoms with Crippen molar-refractivity contribution in [2.75, 3.05) is 13.2 Å². The zero-order valence-electron chi connectivity index (χ0n) is 13.7. The molecule has 3 rings (SSSR count). The van der Waals surface area contributed by atoms with E-state index in [0.29, 0.717) is 13.2 Å². The number of benzene rings is 1. The SMILES string of the molecule is C[C@@H](C(=O)NCc1ccc(OC[C@@H]2CCCO2)cc1)n1cncn1. The van der Waals surface area contributed by atoms with Gasteiger partial charge in [-0.25, -0.2) is 9.67 Å². The van der Waals surface area contributed by atoms with E-state index in [-0.39, 0.29) is 18.1 Å².